The van der Waals surface area contributed by atoms with Gasteiger partial charge in [-0.25, -0.2) is 13.1 Å². The number of hydrogen-bond acceptors (Lipinski definition) is 4. The van der Waals surface area contributed by atoms with Gasteiger partial charge in [-0.15, -0.1) is 11.3 Å². The second-order valence-corrected chi connectivity index (χ2v) is 8.39. The zero-order valence-corrected chi connectivity index (χ0v) is 12.3. The van der Waals surface area contributed by atoms with Crippen molar-refractivity contribution in [1.29, 1.82) is 0 Å². The normalized spacial score (nSPS) is 30.1. The second kappa shape index (κ2) is 5.16. The van der Waals surface area contributed by atoms with Crippen LogP contribution < -0.4 is 4.72 Å². The van der Waals surface area contributed by atoms with Gasteiger partial charge in [-0.2, -0.15) is 0 Å². The SMILES string of the molecule is O=S(=O)(NCC1CC2CCC1C2)c1ccsc1CO. The maximum absolute atomic E-state index is 12.2. The van der Waals surface area contributed by atoms with E-state index >= 15 is 0 Å². The largest absolute Gasteiger partial charge is 0.391 e. The molecule has 2 N–H and O–H groups in total. The van der Waals surface area contributed by atoms with Crippen LogP contribution in [0.3, 0.4) is 0 Å². The first-order chi connectivity index (χ1) is 9.10. The van der Waals surface area contributed by atoms with Crippen molar-refractivity contribution in [3.05, 3.63) is 16.3 Å². The number of hydrogen-bond donors (Lipinski definition) is 2. The van der Waals surface area contributed by atoms with Gasteiger partial charge in [-0.3, -0.25) is 0 Å². The van der Waals surface area contributed by atoms with Gasteiger partial charge in [0.25, 0.3) is 0 Å². The van der Waals surface area contributed by atoms with Crippen LogP contribution in [0.5, 0.6) is 0 Å². The van der Waals surface area contributed by atoms with Crippen LogP contribution in [0.4, 0.5) is 0 Å². The number of nitrogens with one attached hydrogen (secondary N) is 1. The molecule has 3 rings (SSSR count). The predicted molar refractivity (Wildman–Crippen MR) is 74.4 cm³/mol. The molecule has 3 atom stereocenters. The van der Waals surface area contributed by atoms with Crippen LogP contribution >= 0.6 is 11.3 Å². The Bertz CT molecular complexity index is 552. The summed E-state index contributed by atoms with van der Waals surface area (Å²) < 4.78 is 27.2. The molecule has 0 saturated heterocycles. The zero-order valence-electron chi connectivity index (χ0n) is 10.7. The van der Waals surface area contributed by atoms with Crippen LogP contribution in [0.1, 0.15) is 30.6 Å². The van der Waals surface area contributed by atoms with Gasteiger partial charge in [-0.05, 0) is 48.5 Å². The molecule has 19 heavy (non-hydrogen) atoms. The minimum atomic E-state index is -3.46. The molecule has 2 fully saturated rings. The highest BCUT2D eigenvalue weighted by Gasteiger charge is 2.39. The number of sulfonamides is 1. The lowest BCUT2D eigenvalue weighted by Gasteiger charge is -2.21. The number of aliphatic hydroxyl groups is 1. The lowest BCUT2D eigenvalue weighted by Crippen LogP contribution is -2.31. The smallest absolute Gasteiger partial charge is 0.241 e. The molecule has 1 aromatic heterocycles. The molecule has 3 unspecified atom stereocenters. The fourth-order valence-electron chi connectivity index (χ4n) is 3.60. The molecule has 106 valence electrons. The molecule has 6 heteroatoms. The van der Waals surface area contributed by atoms with Gasteiger partial charge in [0, 0.05) is 11.4 Å². The molecule has 0 aromatic carbocycles. The molecule has 0 amide bonds. The minimum absolute atomic E-state index is 0.220. The van der Waals surface area contributed by atoms with Crippen LogP contribution in [-0.4, -0.2) is 20.1 Å². The van der Waals surface area contributed by atoms with Gasteiger partial charge in [0.1, 0.15) is 0 Å². The number of thiophene rings is 1. The van der Waals surface area contributed by atoms with Crippen molar-refractivity contribution in [3.63, 3.8) is 0 Å². The summed E-state index contributed by atoms with van der Waals surface area (Å²) in [5.74, 6) is 2.05. The maximum Gasteiger partial charge on any atom is 0.241 e. The minimum Gasteiger partial charge on any atom is -0.391 e. The van der Waals surface area contributed by atoms with Gasteiger partial charge in [-0.1, -0.05) is 6.42 Å². The summed E-state index contributed by atoms with van der Waals surface area (Å²) in [7, 11) is -3.46. The summed E-state index contributed by atoms with van der Waals surface area (Å²) in [6, 6.07) is 1.57. The first-order valence-corrected chi connectivity index (χ1v) is 9.13. The van der Waals surface area contributed by atoms with Gasteiger partial charge < -0.3 is 5.11 Å². The van der Waals surface area contributed by atoms with E-state index in [1.165, 1.54) is 37.0 Å². The molecule has 1 aromatic rings. The van der Waals surface area contributed by atoms with E-state index in [-0.39, 0.29) is 11.5 Å². The number of aliphatic hydroxyl groups excluding tert-OH is 1. The fraction of sp³-hybridized carbons (Fsp3) is 0.692. The summed E-state index contributed by atoms with van der Waals surface area (Å²) in [6.07, 6.45) is 5.04. The first kappa shape index (κ1) is 13.5. The Morgan fingerprint density at radius 3 is 2.84 bits per heavy atom. The lowest BCUT2D eigenvalue weighted by atomic mass is 9.89. The summed E-state index contributed by atoms with van der Waals surface area (Å²) in [5.41, 5.74) is 0. The highest BCUT2D eigenvalue weighted by atomic mass is 32.2. The standard InChI is InChI=1S/C13H19NO3S2/c15-8-12-13(3-4-18-12)19(16,17)14-7-11-6-9-1-2-10(11)5-9/h3-4,9-11,14-15H,1-2,5-8H2. The molecular formula is C13H19NO3S2. The number of fused-ring (bicyclic) bond motifs is 2. The van der Waals surface area contributed by atoms with E-state index in [2.05, 4.69) is 4.72 Å². The van der Waals surface area contributed by atoms with Crippen LogP contribution in [0.15, 0.2) is 16.3 Å². The van der Waals surface area contributed by atoms with Gasteiger partial charge >= 0.3 is 0 Å². The Balaban J connectivity index is 1.66. The third-order valence-electron chi connectivity index (χ3n) is 4.56. The highest BCUT2D eigenvalue weighted by Crippen LogP contribution is 2.48. The highest BCUT2D eigenvalue weighted by molar-refractivity contribution is 7.89. The van der Waals surface area contributed by atoms with Crippen molar-refractivity contribution in [3.8, 4) is 0 Å². The number of rotatable bonds is 5. The molecule has 0 radical (unpaired) electrons. The monoisotopic (exact) mass is 301 g/mol. The Morgan fingerprint density at radius 2 is 2.21 bits per heavy atom. The van der Waals surface area contributed by atoms with Crippen molar-refractivity contribution in [1.82, 2.24) is 4.72 Å². The van der Waals surface area contributed by atoms with Gasteiger partial charge in [0.05, 0.1) is 11.5 Å². The average molecular weight is 301 g/mol. The maximum atomic E-state index is 12.2. The van der Waals surface area contributed by atoms with Crippen LogP contribution in [0, 0.1) is 17.8 Å². The fourth-order valence-corrected chi connectivity index (χ4v) is 5.99. The van der Waals surface area contributed by atoms with Crippen molar-refractivity contribution >= 4 is 21.4 Å². The zero-order chi connectivity index (χ0) is 13.5. The third kappa shape index (κ3) is 2.59. The van der Waals surface area contributed by atoms with E-state index in [0.717, 1.165) is 5.92 Å². The van der Waals surface area contributed by atoms with E-state index in [1.807, 2.05) is 0 Å². The molecule has 2 saturated carbocycles. The van der Waals surface area contributed by atoms with Crippen LogP contribution in [-0.2, 0) is 16.6 Å². The molecular weight excluding hydrogens is 282 g/mol. The van der Waals surface area contributed by atoms with E-state index in [1.54, 1.807) is 11.4 Å². The predicted octanol–water partition coefficient (Wildman–Crippen LogP) is 1.95. The quantitative estimate of drug-likeness (QED) is 0.873. The molecule has 4 nitrogen and oxygen atoms in total. The summed E-state index contributed by atoms with van der Waals surface area (Å²) in [5, 5.41) is 10.9. The molecule has 0 spiro atoms. The van der Waals surface area contributed by atoms with Crippen molar-refractivity contribution in [2.75, 3.05) is 6.54 Å². The van der Waals surface area contributed by atoms with E-state index < -0.39 is 10.0 Å². The lowest BCUT2D eigenvalue weighted by molar-refractivity contribution is 0.282. The first-order valence-electron chi connectivity index (χ1n) is 6.77. The molecule has 2 aliphatic rings. The van der Waals surface area contributed by atoms with E-state index in [9.17, 15) is 8.42 Å². The van der Waals surface area contributed by atoms with Crippen LogP contribution in [0.25, 0.3) is 0 Å². The topological polar surface area (TPSA) is 66.4 Å². The second-order valence-electron chi connectivity index (χ2n) is 5.65. The van der Waals surface area contributed by atoms with Gasteiger partial charge in [0.2, 0.25) is 10.0 Å². The Hall–Kier alpha value is -0.430. The summed E-state index contributed by atoms with van der Waals surface area (Å²) in [6.45, 7) is 0.326. The van der Waals surface area contributed by atoms with E-state index in [4.69, 9.17) is 5.11 Å². The van der Waals surface area contributed by atoms with E-state index in [0.29, 0.717) is 23.3 Å². The van der Waals surface area contributed by atoms with Gasteiger partial charge in [0.15, 0.2) is 0 Å². The Kier molecular flexibility index (Phi) is 3.68. The van der Waals surface area contributed by atoms with Crippen LogP contribution in [0.2, 0.25) is 0 Å². The average Bonchev–Trinajstić information content (AvgIpc) is 3.11. The van der Waals surface area contributed by atoms with Crippen molar-refractivity contribution in [2.45, 2.75) is 37.2 Å². The molecule has 2 aliphatic carbocycles. The molecule has 2 bridgehead atoms. The van der Waals surface area contributed by atoms with Crippen molar-refractivity contribution < 1.29 is 13.5 Å². The third-order valence-corrected chi connectivity index (χ3v) is 7.10. The Morgan fingerprint density at radius 1 is 1.37 bits per heavy atom. The summed E-state index contributed by atoms with van der Waals surface area (Å²) >= 11 is 1.28. The summed E-state index contributed by atoms with van der Waals surface area (Å²) in [4.78, 5) is 0.753. The Labute approximate surface area is 117 Å². The van der Waals surface area contributed by atoms with Crippen molar-refractivity contribution in [2.24, 2.45) is 17.8 Å². The molecule has 1 heterocycles. The molecule has 0 aliphatic heterocycles.